The normalized spacial score (nSPS) is 21.6. The van der Waals surface area contributed by atoms with E-state index in [0.717, 1.165) is 49.2 Å². The molecule has 0 spiro atoms. The van der Waals surface area contributed by atoms with Gasteiger partial charge >= 0.3 is 6.18 Å². The molecule has 1 saturated carbocycles. The Bertz CT molecular complexity index is 829. The first-order chi connectivity index (χ1) is 13.8. The molecule has 0 bridgehead atoms. The summed E-state index contributed by atoms with van der Waals surface area (Å²) < 4.78 is 39.1. The molecule has 156 valence electrons. The highest BCUT2D eigenvalue weighted by Crippen LogP contribution is 2.34. The number of thioether (sulfide) groups is 1. The second-order valence-corrected chi connectivity index (χ2v) is 8.07. The quantitative estimate of drug-likeness (QED) is 0.555. The lowest BCUT2D eigenvalue weighted by molar-refractivity contribution is -0.137. The van der Waals surface area contributed by atoms with E-state index in [1.807, 2.05) is 0 Å². The molecule has 1 aromatic carbocycles. The van der Waals surface area contributed by atoms with Crippen LogP contribution in [0.15, 0.2) is 34.5 Å². The van der Waals surface area contributed by atoms with Crippen molar-refractivity contribution in [2.75, 3.05) is 5.32 Å². The molecule has 2 N–H and O–H groups in total. The standard InChI is InChI=1S/C19H21F3N4O2S/c20-19(21,22)13-9-5-6-10-14(13)23-16(27)11-15-17(28)24-18(29-15)26-25-12-7-3-1-2-4-8-12/h5-6,9-10,15H,1-4,7-8,11H2,(H,23,27)(H,24,26,28)/t15-/m0/s1. The number of rotatable bonds is 4. The molecule has 1 atom stereocenters. The zero-order chi connectivity index (χ0) is 20.9. The van der Waals surface area contributed by atoms with Crippen LogP contribution in [0.4, 0.5) is 18.9 Å². The van der Waals surface area contributed by atoms with E-state index in [4.69, 9.17) is 0 Å². The van der Waals surface area contributed by atoms with Gasteiger partial charge in [-0.05, 0) is 37.8 Å². The van der Waals surface area contributed by atoms with Gasteiger partial charge in [0.2, 0.25) is 11.8 Å². The van der Waals surface area contributed by atoms with E-state index in [1.54, 1.807) is 0 Å². The molecule has 2 amide bonds. The fourth-order valence-electron chi connectivity index (χ4n) is 3.15. The van der Waals surface area contributed by atoms with Gasteiger partial charge in [0.15, 0.2) is 5.17 Å². The monoisotopic (exact) mass is 426 g/mol. The Kier molecular flexibility index (Phi) is 6.94. The molecule has 0 unspecified atom stereocenters. The van der Waals surface area contributed by atoms with Crippen molar-refractivity contribution < 1.29 is 22.8 Å². The fourth-order valence-corrected chi connectivity index (χ4v) is 4.07. The van der Waals surface area contributed by atoms with E-state index in [1.165, 1.54) is 31.0 Å². The number of para-hydroxylation sites is 1. The van der Waals surface area contributed by atoms with Crippen LogP contribution in [0, 0.1) is 0 Å². The first kappa shape index (κ1) is 21.4. The third-order valence-electron chi connectivity index (χ3n) is 4.62. The van der Waals surface area contributed by atoms with Crippen LogP contribution in [0.2, 0.25) is 0 Å². The maximum absolute atomic E-state index is 13.0. The number of hydrogen-bond donors (Lipinski definition) is 2. The number of nitrogens with one attached hydrogen (secondary N) is 2. The second-order valence-electron chi connectivity index (χ2n) is 6.88. The predicted molar refractivity (Wildman–Crippen MR) is 107 cm³/mol. The minimum atomic E-state index is -4.58. The van der Waals surface area contributed by atoms with Gasteiger partial charge in [-0.15, -0.1) is 5.10 Å². The molecule has 6 nitrogen and oxygen atoms in total. The van der Waals surface area contributed by atoms with Gasteiger partial charge in [0.1, 0.15) is 5.25 Å². The first-order valence-corrected chi connectivity index (χ1v) is 10.3. The van der Waals surface area contributed by atoms with Gasteiger partial charge in [0.25, 0.3) is 0 Å². The van der Waals surface area contributed by atoms with Gasteiger partial charge < -0.3 is 10.6 Å². The van der Waals surface area contributed by atoms with Gasteiger partial charge in [-0.25, -0.2) is 0 Å². The van der Waals surface area contributed by atoms with Crippen LogP contribution in [0.1, 0.15) is 50.5 Å². The number of halogens is 3. The van der Waals surface area contributed by atoms with Gasteiger partial charge in [0.05, 0.1) is 11.3 Å². The third kappa shape index (κ3) is 6.06. The smallest absolute Gasteiger partial charge is 0.325 e. The highest BCUT2D eigenvalue weighted by atomic mass is 32.2. The summed E-state index contributed by atoms with van der Waals surface area (Å²) in [6.07, 6.45) is 1.43. The first-order valence-electron chi connectivity index (χ1n) is 9.40. The third-order valence-corrected chi connectivity index (χ3v) is 5.69. The summed E-state index contributed by atoms with van der Waals surface area (Å²) in [5, 5.41) is 12.7. The SMILES string of the molecule is O=C(C[C@@H]1S/C(=N/N=C2CCCCCC2)NC1=O)Nc1ccccc1C(F)(F)F. The van der Waals surface area contributed by atoms with Crippen molar-refractivity contribution in [1.82, 2.24) is 5.32 Å². The molecule has 2 aliphatic rings. The Balaban J connectivity index is 1.60. The fraction of sp³-hybridized carbons (Fsp3) is 0.474. The Morgan fingerprint density at radius 2 is 1.83 bits per heavy atom. The summed E-state index contributed by atoms with van der Waals surface area (Å²) in [6, 6.07) is 4.72. The zero-order valence-corrected chi connectivity index (χ0v) is 16.4. The molecule has 1 saturated heterocycles. The number of amidine groups is 1. The Morgan fingerprint density at radius 1 is 1.14 bits per heavy atom. The Labute approximate surface area is 170 Å². The van der Waals surface area contributed by atoms with Crippen molar-refractivity contribution in [2.24, 2.45) is 10.2 Å². The number of amides is 2. The number of alkyl halides is 3. The minimum absolute atomic E-state index is 0.266. The highest BCUT2D eigenvalue weighted by Gasteiger charge is 2.35. The lowest BCUT2D eigenvalue weighted by Crippen LogP contribution is -2.28. The summed E-state index contributed by atoms with van der Waals surface area (Å²) in [4.78, 5) is 24.3. The summed E-state index contributed by atoms with van der Waals surface area (Å²) in [5.74, 6) is -1.08. The van der Waals surface area contributed by atoms with Crippen LogP contribution in [-0.4, -0.2) is 27.9 Å². The molecule has 29 heavy (non-hydrogen) atoms. The number of hydrogen-bond acceptors (Lipinski definition) is 5. The molecule has 1 aliphatic heterocycles. The van der Waals surface area contributed by atoms with Crippen LogP contribution in [0.3, 0.4) is 0 Å². The van der Waals surface area contributed by atoms with Crippen molar-refractivity contribution in [3.8, 4) is 0 Å². The molecule has 1 heterocycles. The second kappa shape index (κ2) is 9.43. The number of anilines is 1. The number of carbonyl (C=O) groups excluding carboxylic acids is 2. The van der Waals surface area contributed by atoms with Crippen molar-refractivity contribution in [2.45, 2.75) is 56.4 Å². The van der Waals surface area contributed by atoms with Crippen molar-refractivity contribution >= 4 is 40.1 Å². The highest BCUT2D eigenvalue weighted by molar-refractivity contribution is 8.15. The summed E-state index contributed by atoms with van der Waals surface area (Å²) in [5.41, 5.74) is -0.268. The van der Waals surface area contributed by atoms with Crippen molar-refractivity contribution in [1.29, 1.82) is 0 Å². The van der Waals surface area contributed by atoms with E-state index < -0.39 is 28.8 Å². The minimum Gasteiger partial charge on any atom is -0.325 e. The van der Waals surface area contributed by atoms with E-state index in [2.05, 4.69) is 20.8 Å². The molecule has 0 radical (unpaired) electrons. The maximum atomic E-state index is 13.0. The lowest BCUT2D eigenvalue weighted by Gasteiger charge is -2.14. The summed E-state index contributed by atoms with van der Waals surface area (Å²) >= 11 is 1.06. The Morgan fingerprint density at radius 3 is 2.52 bits per heavy atom. The van der Waals surface area contributed by atoms with Crippen LogP contribution in [0.25, 0.3) is 0 Å². The number of nitrogens with zero attached hydrogens (tertiary/aromatic N) is 2. The predicted octanol–water partition coefficient (Wildman–Crippen LogP) is 4.33. The van der Waals surface area contributed by atoms with Crippen LogP contribution in [0.5, 0.6) is 0 Å². The van der Waals surface area contributed by atoms with Gasteiger partial charge in [-0.2, -0.15) is 18.3 Å². The number of benzene rings is 1. The van der Waals surface area contributed by atoms with Gasteiger partial charge in [0, 0.05) is 12.1 Å². The molecule has 10 heteroatoms. The topological polar surface area (TPSA) is 82.9 Å². The maximum Gasteiger partial charge on any atom is 0.418 e. The van der Waals surface area contributed by atoms with Gasteiger partial charge in [-0.1, -0.05) is 36.7 Å². The van der Waals surface area contributed by atoms with E-state index in [-0.39, 0.29) is 12.1 Å². The van der Waals surface area contributed by atoms with Crippen molar-refractivity contribution in [3.63, 3.8) is 0 Å². The van der Waals surface area contributed by atoms with Crippen molar-refractivity contribution in [3.05, 3.63) is 29.8 Å². The molecular formula is C19H21F3N4O2S. The molecule has 1 aromatic rings. The summed E-state index contributed by atoms with van der Waals surface area (Å²) in [7, 11) is 0. The Hall–Kier alpha value is -2.36. The van der Waals surface area contributed by atoms with E-state index >= 15 is 0 Å². The van der Waals surface area contributed by atoms with Crippen LogP contribution < -0.4 is 10.6 Å². The largest absolute Gasteiger partial charge is 0.418 e. The molecule has 2 fully saturated rings. The average molecular weight is 426 g/mol. The molecule has 3 rings (SSSR count). The average Bonchev–Trinajstić information content (AvgIpc) is 2.84. The van der Waals surface area contributed by atoms with E-state index in [9.17, 15) is 22.8 Å². The number of carbonyl (C=O) groups is 2. The molecular weight excluding hydrogens is 405 g/mol. The zero-order valence-electron chi connectivity index (χ0n) is 15.6. The lowest BCUT2D eigenvalue weighted by atomic mass is 10.1. The molecule has 0 aromatic heterocycles. The van der Waals surface area contributed by atoms with E-state index in [0.29, 0.717) is 5.17 Å². The molecule has 1 aliphatic carbocycles. The van der Waals surface area contributed by atoms with Crippen LogP contribution >= 0.6 is 11.8 Å². The van der Waals surface area contributed by atoms with Crippen LogP contribution in [-0.2, 0) is 15.8 Å². The summed E-state index contributed by atoms with van der Waals surface area (Å²) in [6.45, 7) is 0. The van der Waals surface area contributed by atoms with Gasteiger partial charge in [-0.3, -0.25) is 9.59 Å².